The molecule has 0 heterocycles. The maximum Gasteiger partial charge on any atom is 0.0871 e. The van der Waals surface area contributed by atoms with E-state index in [1.165, 1.54) is 11.1 Å². The molecule has 0 bridgehead atoms. The molecular weight excluding hydrogens is 218 g/mol. The van der Waals surface area contributed by atoms with Crippen LogP contribution in [0, 0.1) is 12.3 Å². The van der Waals surface area contributed by atoms with Crippen molar-refractivity contribution in [3.8, 4) is 23.5 Å². The van der Waals surface area contributed by atoms with E-state index in [9.17, 15) is 0 Å². The molecule has 0 saturated heterocycles. The molecule has 0 aliphatic heterocycles. The first kappa shape index (κ1) is 12.3. The fourth-order valence-corrected chi connectivity index (χ4v) is 1.93. The summed E-state index contributed by atoms with van der Waals surface area (Å²) in [6, 6.07) is 18.7. The number of rotatable bonds is 4. The standard InChI is InChI=1S/C17H17N/c1-3-15(4-2)18-17-13-9-8-12-16(17)14-10-6-5-7-11-14/h1,5-13,15,18H,4H2,2H3. The molecule has 0 amide bonds. The number of nitrogens with one attached hydrogen (secondary N) is 1. The number of benzene rings is 2. The largest absolute Gasteiger partial charge is 0.371 e. The van der Waals surface area contributed by atoms with E-state index in [1.54, 1.807) is 0 Å². The van der Waals surface area contributed by atoms with Crippen molar-refractivity contribution >= 4 is 5.69 Å². The predicted octanol–water partition coefficient (Wildman–Crippen LogP) is 4.18. The van der Waals surface area contributed by atoms with Gasteiger partial charge in [0.2, 0.25) is 0 Å². The Labute approximate surface area is 109 Å². The van der Waals surface area contributed by atoms with Crippen molar-refractivity contribution in [3.63, 3.8) is 0 Å². The van der Waals surface area contributed by atoms with Gasteiger partial charge in [0.05, 0.1) is 6.04 Å². The van der Waals surface area contributed by atoms with E-state index >= 15 is 0 Å². The lowest BCUT2D eigenvalue weighted by Gasteiger charge is -2.16. The van der Waals surface area contributed by atoms with Crippen LogP contribution in [0.25, 0.3) is 11.1 Å². The fourth-order valence-electron chi connectivity index (χ4n) is 1.93. The third kappa shape index (κ3) is 2.73. The van der Waals surface area contributed by atoms with Gasteiger partial charge in [-0.2, -0.15) is 0 Å². The third-order valence-electron chi connectivity index (χ3n) is 2.95. The first-order valence-electron chi connectivity index (χ1n) is 6.22. The second-order valence-electron chi connectivity index (χ2n) is 4.18. The number of hydrogen-bond acceptors (Lipinski definition) is 1. The molecule has 0 aliphatic rings. The summed E-state index contributed by atoms with van der Waals surface area (Å²) in [5.74, 6) is 2.77. The average Bonchev–Trinajstić information content (AvgIpc) is 2.46. The van der Waals surface area contributed by atoms with Crippen molar-refractivity contribution in [2.75, 3.05) is 5.32 Å². The molecular formula is C17H17N. The molecule has 1 heteroatoms. The Morgan fingerprint density at radius 1 is 1.06 bits per heavy atom. The zero-order chi connectivity index (χ0) is 12.8. The van der Waals surface area contributed by atoms with Crippen molar-refractivity contribution in [1.29, 1.82) is 0 Å². The molecule has 2 rings (SSSR count). The first-order chi connectivity index (χ1) is 8.85. The highest BCUT2D eigenvalue weighted by Gasteiger charge is 2.07. The van der Waals surface area contributed by atoms with Crippen molar-refractivity contribution in [2.24, 2.45) is 0 Å². The smallest absolute Gasteiger partial charge is 0.0871 e. The number of para-hydroxylation sites is 1. The van der Waals surface area contributed by atoms with Gasteiger partial charge in [-0.3, -0.25) is 0 Å². The van der Waals surface area contributed by atoms with Gasteiger partial charge in [0.15, 0.2) is 0 Å². The highest BCUT2D eigenvalue weighted by Crippen LogP contribution is 2.28. The zero-order valence-corrected chi connectivity index (χ0v) is 10.6. The molecule has 0 aromatic heterocycles. The van der Waals surface area contributed by atoms with Crippen LogP contribution < -0.4 is 5.32 Å². The van der Waals surface area contributed by atoms with E-state index in [-0.39, 0.29) is 6.04 Å². The van der Waals surface area contributed by atoms with Crippen LogP contribution in [0.2, 0.25) is 0 Å². The Morgan fingerprint density at radius 2 is 1.72 bits per heavy atom. The average molecular weight is 235 g/mol. The Morgan fingerprint density at radius 3 is 2.39 bits per heavy atom. The van der Waals surface area contributed by atoms with Gasteiger partial charge in [0, 0.05) is 11.3 Å². The molecule has 0 saturated carbocycles. The minimum Gasteiger partial charge on any atom is -0.371 e. The molecule has 90 valence electrons. The van der Waals surface area contributed by atoms with Gasteiger partial charge in [-0.25, -0.2) is 0 Å². The number of terminal acetylenes is 1. The molecule has 0 spiro atoms. The van der Waals surface area contributed by atoms with E-state index in [4.69, 9.17) is 6.42 Å². The summed E-state index contributed by atoms with van der Waals surface area (Å²) in [5.41, 5.74) is 3.48. The predicted molar refractivity (Wildman–Crippen MR) is 78.4 cm³/mol. The minimum absolute atomic E-state index is 0.0786. The monoisotopic (exact) mass is 235 g/mol. The van der Waals surface area contributed by atoms with Crippen LogP contribution >= 0.6 is 0 Å². The van der Waals surface area contributed by atoms with E-state index in [2.05, 4.69) is 42.4 Å². The fraction of sp³-hybridized carbons (Fsp3) is 0.176. The maximum atomic E-state index is 5.51. The van der Waals surface area contributed by atoms with E-state index in [0.717, 1.165) is 12.1 Å². The summed E-state index contributed by atoms with van der Waals surface area (Å²) < 4.78 is 0. The molecule has 0 fully saturated rings. The Kier molecular flexibility index (Phi) is 4.04. The van der Waals surface area contributed by atoms with Crippen LogP contribution in [0.3, 0.4) is 0 Å². The van der Waals surface area contributed by atoms with Gasteiger partial charge in [-0.1, -0.05) is 61.4 Å². The maximum absolute atomic E-state index is 5.51. The molecule has 0 radical (unpaired) electrons. The summed E-state index contributed by atoms with van der Waals surface area (Å²) in [6.07, 6.45) is 6.42. The van der Waals surface area contributed by atoms with Gasteiger partial charge in [-0.15, -0.1) is 6.42 Å². The van der Waals surface area contributed by atoms with Crippen molar-refractivity contribution in [1.82, 2.24) is 0 Å². The van der Waals surface area contributed by atoms with Crippen molar-refractivity contribution < 1.29 is 0 Å². The van der Waals surface area contributed by atoms with Crippen molar-refractivity contribution in [2.45, 2.75) is 19.4 Å². The van der Waals surface area contributed by atoms with Crippen LogP contribution in [0.1, 0.15) is 13.3 Å². The Hall–Kier alpha value is -2.20. The molecule has 2 aromatic carbocycles. The van der Waals surface area contributed by atoms with E-state index < -0.39 is 0 Å². The summed E-state index contributed by atoms with van der Waals surface area (Å²) in [7, 11) is 0. The minimum atomic E-state index is 0.0786. The molecule has 2 aromatic rings. The summed E-state index contributed by atoms with van der Waals surface area (Å²) in [4.78, 5) is 0. The topological polar surface area (TPSA) is 12.0 Å². The van der Waals surface area contributed by atoms with Crippen LogP contribution in [0.4, 0.5) is 5.69 Å². The lowest BCUT2D eigenvalue weighted by Crippen LogP contribution is -2.16. The highest BCUT2D eigenvalue weighted by atomic mass is 14.9. The zero-order valence-electron chi connectivity index (χ0n) is 10.6. The molecule has 0 aliphatic carbocycles. The lowest BCUT2D eigenvalue weighted by molar-refractivity contribution is 0.858. The third-order valence-corrected chi connectivity index (χ3v) is 2.95. The normalized spacial score (nSPS) is 11.6. The number of anilines is 1. The van der Waals surface area contributed by atoms with Gasteiger partial charge < -0.3 is 5.32 Å². The first-order valence-corrected chi connectivity index (χ1v) is 6.22. The second kappa shape index (κ2) is 5.93. The van der Waals surface area contributed by atoms with Gasteiger partial charge in [0.1, 0.15) is 0 Å². The summed E-state index contributed by atoms with van der Waals surface area (Å²) in [5, 5.41) is 3.41. The van der Waals surface area contributed by atoms with Gasteiger partial charge >= 0.3 is 0 Å². The molecule has 1 unspecified atom stereocenters. The van der Waals surface area contributed by atoms with Crippen LogP contribution in [0.15, 0.2) is 54.6 Å². The molecule has 1 atom stereocenters. The summed E-state index contributed by atoms with van der Waals surface area (Å²) in [6.45, 7) is 2.09. The number of hydrogen-bond donors (Lipinski definition) is 1. The molecule has 1 N–H and O–H groups in total. The van der Waals surface area contributed by atoms with Crippen LogP contribution in [0.5, 0.6) is 0 Å². The highest BCUT2D eigenvalue weighted by molar-refractivity contribution is 5.78. The van der Waals surface area contributed by atoms with Crippen LogP contribution in [-0.2, 0) is 0 Å². The lowest BCUT2D eigenvalue weighted by atomic mass is 10.0. The van der Waals surface area contributed by atoms with E-state index in [1.807, 2.05) is 30.3 Å². The summed E-state index contributed by atoms with van der Waals surface area (Å²) >= 11 is 0. The molecule has 18 heavy (non-hydrogen) atoms. The van der Waals surface area contributed by atoms with E-state index in [0.29, 0.717) is 0 Å². The molecule has 1 nitrogen and oxygen atoms in total. The van der Waals surface area contributed by atoms with Crippen LogP contribution in [-0.4, -0.2) is 6.04 Å². The van der Waals surface area contributed by atoms with Gasteiger partial charge in [-0.05, 0) is 18.1 Å². The van der Waals surface area contributed by atoms with Gasteiger partial charge in [0.25, 0.3) is 0 Å². The Bertz CT molecular complexity index is 537. The Balaban J connectivity index is 2.35. The van der Waals surface area contributed by atoms with Crippen molar-refractivity contribution in [3.05, 3.63) is 54.6 Å². The quantitative estimate of drug-likeness (QED) is 0.784. The SMILES string of the molecule is C#CC(CC)Nc1ccccc1-c1ccccc1. The second-order valence-corrected chi connectivity index (χ2v) is 4.18.